The molecule has 0 N–H and O–H groups in total. The van der Waals surface area contributed by atoms with Crippen molar-refractivity contribution in [2.24, 2.45) is 0 Å². The van der Waals surface area contributed by atoms with Crippen LogP contribution in [0.25, 0.3) is 78.3 Å². The third kappa shape index (κ3) is 5.41. The van der Waals surface area contributed by atoms with Crippen LogP contribution in [0.15, 0.2) is 212 Å². The average Bonchev–Trinajstić information content (AvgIpc) is 3.76. The molecule has 0 fully saturated rings. The van der Waals surface area contributed by atoms with Gasteiger partial charge in [0, 0.05) is 22.1 Å². The molecule has 0 aliphatic heterocycles. The van der Waals surface area contributed by atoms with Crippen molar-refractivity contribution in [1.29, 1.82) is 0 Å². The van der Waals surface area contributed by atoms with Gasteiger partial charge in [-0.25, -0.2) is 15.0 Å². The second-order valence-electron chi connectivity index (χ2n) is 17.1. The van der Waals surface area contributed by atoms with Crippen LogP contribution in [-0.2, 0) is 10.8 Å². The van der Waals surface area contributed by atoms with E-state index in [1.54, 1.807) is 0 Å². The first kappa shape index (κ1) is 36.1. The first-order valence-corrected chi connectivity index (χ1v) is 21.4. The molecule has 12 rings (SSSR count). The van der Waals surface area contributed by atoms with Crippen LogP contribution in [0.2, 0.25) is 0 Å². The van der Waals surface area contributed by atoms with Gasteiger partial charge in [-0.1, -0.05) is 202 Å². The molecule has 0 saturated heterocycles. The Morgan fingerprint density at radius 2 is 0.726 bits per heavy atom. The van der Waals surface area contributed by atoms with Crippen LogP contribution in [0, 0.1) is 0 Å². The van der Waals surface area contributed by atoms with Gasteiger partial charge in [0.25, 0.3) is 0 Å². The van der Waals surface area contributed by atoms with Gasteiger partial charge in [0.05, 0.1) is 5.41 Å². The van der Waals surface area contributed by atoms with E-state index in [1.165, 1.54) is 61.0 Å². The van der Waals surface area contributed by atoms with E-state index < -0.39 is 5.41 Å². The van der Waals surface area contributed by atoms with E-state index in [2.05, 4.69) is 226 Å². The zero-order chi connectivity index (χ0) is 41.4. The smallest absolute Gasteiger partial charge is 0.164 e. The molecule has 292 valence electrons. The Labute approximate surface area is 362 Å². The standard InChI is InChI=1S/C59H41N3/c1-58(2)51-28-16-14-26-45(51)47-32-30-41(36-53(47)58)55-60-56(62-57(61-55)50-35-40-21-13-12-20-39(40)34-49(50)38-18-6-3-7-19-38)42-31-33-48-46-27-15-17-29-52(46)59(54(48)37-42,43-22-8-4-9-23-43)44-24-10-5-11-25-44/h3-37H,1-2H3. The second-order valence-corrected chi connectivity index (χ2v) is 17.1. The minimum Gasteiger partial charge on any atom is -0.208 e. The summed E-state index contributed by atoms with van der Waals surface area (Å²) in [6.07, 6.45) is 0. The van der Waals surface area contributed by atoms with Crippen molar-refractivity contribution < 1.29 is 0 Å². The quantitative estimate of drug-likeness (QED) is 0.168. The fraction of sp³-hybridized carbons (Fsp3) is 0.0678. The van der Waals surface area contributed by atoms with Gasteiger partial charge in [0.1, 0.15) is 0 Å². The first-order chi connectivity index (χ1) is 30.5. The van der Waals surface area contributed by atoms with Gasteiger partial charge in [0.2, 0.25) is 0 Å². The molecule has 62 heavy (non-hydrogen) atoms. The number of benzene rings is 9. The number of nitrogens with zero attached hydrogens (tertiary/aromatic N) is 3. The molecule has 2 aliphatic rings. The van der Waals surface area contributed by atoms with Crippen molar-refractivity contribution in [3.63, 3.8) is 0 Å². The lowest BCUT2D eigenvalue weighted by Crippen LogP contribution is -2.28. The van der Waals surface area contributed by atoms with Crippen molar-refractivity contribution in [1.82, 2.24) is 15.0 Å². The van der Waals surface area contributed by atoms with E-state index in [0.29, 0.717) is 17.5 Å². The minimum absolute atomic E-state index is 0.174. The zero-order valence-corrected chi connectivity index (χ0v) is 34.5. The van der Waals surface area contributed by atoms with E-state index in [0.717, 1.165) is 33.2 Å². The Balaban J connectivity index is 1.12. The van der Waals surface area contributed by atoms with Crippen molar-refractivity contribution in [2.75, 3.05) is 0 Å². The monoisotopic (exact) mass is 791 g/mol. The van der Waals surface area contributed by atoms with Gasteiger partial charge < -0.3 is 0 Å². The van der Waals surface area contributed by atoms with Crippen LogP contribution in [0.3, 0.4) is 0 Å². The topological polar surface area (TPSA) is 38.7 Å². The summed E-state index contributed by atoms with van der Waals surface area (Å²) >= 11 is 0. The molecule has 3 nitrogen and oxygen atoms in total. The van der Waals surface area contributed by atoms with Crippen molar-refractivity contribution in [3.8, 4) is 67.5 Å². The van der Waals surface area contributed by atoms with E-state index in [1.807, 2.05) is 0 Å². The zero-order valence-electron chi connectivity index (χ0n) is 34.5. The summed E-state index contributed by atoms with van der Waals surface area (Å²) in [5.41, 5.74) is 16.9. The molecule has 0 radical (unpaired) electrons. The highest BCUT2D eigenvalue weighted by Gasteiger charge is 2.46. The van der Waals surface area contributed by atoms with Crippen LogP contribution in [0.5, 0.6) is 0 Å². The molecule has 9 aromatic carbocycles. The fourth-order valence-corrected chi connectivity index (χ4v) is 10.5. The largest absolute Gasteiger partial charge is 0.208 e. The Morgan fingerprint density at radius 3 is 1.34 bits per heavy atom. The Hall–Kier alpha value is -7.75. The Bertz CT molecular complexity index is 3330. The SMILES string of the molecule is CC1(C)c2ccccc2-c2ccc(-c3nc(-c4ccc5c(c4)C(c4ccccc4)(c4ccccc4)c4ccccc4-5)nc(-c4cc5ccccc5cc4-c4ccccc4)n3)cc21. The molecule has 0 unspecified atom stereocenters. The van der Waals surface area contributed by atoms with Gasteiger partial charge in [-0.3, -0.25) is 0 Å². The molecule has 0 spiro atoms. The predicted octanol–water partition coefficient (Wildman–Crippen LogP) is 14.4. The van der Waals surface area contributed by atoms with Crippen LogP contribution in [0.1, 0.15) is 47.2 Å². The number of rotatable bonds is 6. The highest BCUT2D eigenvalue weighted by atomic mass is 15.0. The van der Waals surface area contributed by atoms with Crippen LogP contribution < -0.4 is 0 Å². The molecule has 1 heterocycles. The maximum absolute atomic E-state index is 5.47. The summed E-state index contributed by atoms with van der Waals surface area (Å²) in [4.78, 5) is 16.3. The fourth-order valence-electron chi connectivity index (χ4n) is 10.5. The van der Waals surface area contributed by atoms with E-state index in [4.69, 9.17) is 15.0 Å². The molecule has 3 heteroatoms. The van der Waals surface area contributed by atoms with E-state index in [9.17, 15) is 0 Å². The van der Waals surface area contributed by atoms with Gasteiger partial charge in [0.15, 0.2) is 17.5 Å². The molecule has 1 aromatic heterocycles. The summed E-state index contributed by atoms with van der Waals surface area (Å²) in [6.45, 7) is 4.64. The van der Waals surface area contributed by atoms with Crippen molar-refractivity contribution in [2.45, 2.75) is 24.7 Å². The van der Waals surface area contributed by atoms with Crippen LogP contribution >= 0.6 is 0 Å². The maximum atomic E-state index is 5.47. The van der Waals surface area contributed by atoms with E-state index in [-0.39, 0.29) is 5.41 Å². The highest BCUT2D eigenvalue weighted by Crippen LogP contribution is 2.57. The lowest BCUT2D eigenvalue weighted by Gasteiger charge is -2.34. The summed E-state index contributed by atoms with van der Waals surface area (Å²) < 4.78 is 0. The maximum Gasteiger partial charge on any atom is 0.164 e. The third-order valence-electron chi connectivity index (χ3n) is 13.4. The van der Waals surface area contributed by atoms with Gasteiger partial charge in [-0.2, -0.15) is 0 Å². The predicted molar refractivity (Wildman–Crippen MR) is 254 cm³/mol. The summed E-state index contributed by atoms with van der Waals surface area (Å²) in [5.74, 6) is 1.92. The minimum atomic E-state index is -0.553. The second kappa shape index (κ2) is 13.9. The normalized spacial score (nSPS) is 13.9. The molecule has 10 aromatic rings. The lowest BCUT2D eigenvalue weighted by molar-refractivity contribution is 0.660. The summed E-state index contributed by atoms with van der Waals surface area (Å²) in [5, 5.41) is 2.30. The third-order valence-corrected chi connectivity index (χ3v) is 13.4. The van der Waals surface area contributed by atoms with Gasteiger partial charge >= 0.3 is 0 Å². The van der Waals surface area contributed by atoms with Crippen LogP contribution in [0.4, 0.5) is 0 Å². The number of aromatic nitrogens is 3. The summed E-state index contributed by atoms with van der Waals surface area (Å²) in [6, 6.07) is 76.8. The molecule has 0 saturated carbocycles. The van der Waals surface area contributed by atoms with E-state index >= 15 is 0 Å². The average molecular weight is 792 g/mol. The molecule has 0 bridgehead atoms. The molecule has 2 aliphatic carbocycles. The van der Waals surface area contributed by atoms with Crippen LogP contribution in [-0.4, -0.2) is 15.0 Å². The van der Waals surface area contributed by atoms with Gasteiger partial charge in [-0.15, -0.1) is 0 Å². The van der Waals surface area contributed by atoms with Crippen molar-refractivity contribution in [3.05, 3.63) is 246 Å². The first-order valence-electron chi connectivity index (χ1n) is 21.4. The molecule has 0 amide bonds. The lowest BCUT2D eigenvalue weighted by atomic mass is 9.67. The van der Waals surface area contributed by atoms with Crippen molar-refractivity contribution >= 4 is 10.8 Å². The Morgan fingerprint density at radius 1 is 0.290 bits per heavy atom. The molecule has 0 atom stereocenters. The summed E-state index contributed by atoms with van der Waals surface area (Å²) in [7, 11) is 0. The van der Waals surface area contributed by atoms with Gasteiger partial charge in [-0.05, 0) is 102 Å². The molecular weight excluding hydrogens is 751 g/mol. The number of hydrogen-bond acceptors (Lipinski definition) is 3. The highest BCUT2D eigenvalue weighted by molar-refractivity contribution is 5.96. The molecular formula is C59H41N3. The number of fused-ring (bicyclic) bond motifs is 7. The Kier molecular flexibility index (Phi) is 8.10. The number of hydrogen-bond donors (Lipinski definition) is 0.